The maximum atomic E-state index is 12.3. The molecular formula is C17H15BrN2O. The number of para-hydroxylation sites is 1. The topological polar surface area (TPSA) is 44.9 Å². The summed E-state index contributed by atoms with van der Waals surface area (Å²) in [5.41, 5.74) is 2.71. The molecule has 106 valence electrons. The highest BCUT2D eigenvalue weighted by molar-refractivity contribution is 9.10. The summed E-state index contributed by atoms with van der Waals surface area (Å²) in [5, 5.41) is 4.16. The molecule has 4 heteroatoms. The minimum absolute atomic E-state index is 0.0861. The highest BCUT2D eigenvalue weighted by atomic mass is 79.9. The van der Waals surface area contributed by atoms with Gasteiger partial charge in [-0.15, -0.1) is 0 Å². The molecule has 3 aromatic rings. The summed E-state index contributed by atoms with van der Waals surface area (Å²) in [5.74, 6) is -0.0892. The molecule has 0 spiro atoms. The van der Waals surface area contributed by atoms with Crippen LogP contribution >= 0.6 is 15.9 Å². The molecule has 1 amide bonds. The van der Waals surface area contributed by atoms with Gasteiger partial charge in [0.2, 0.25) is 0 Å². The second-order valence-electron chi connectivity index (χ2n) is 4.99. The van der Waals surface area contributed by atoms with Crippen LogP contribution in [-0.2, 0) is 0 Å². The lowest BCUT2D eigenvalue weighted by Gasteiger charge is -2.13. The maximum absolute atomic E-state index is 12.3. The molecule has 0 radical (unpaired) electrons. The Morgan fingerprint density at radius 3 is 2.62 bits per heavy atom. The van der Waals surface area contributed by atoms with Crippen molar-refractivity contribution in [3.8, 4) is 0 Å². The predicted molar refractivity (Wildman–Crippen MR) is 88.3 cm³/mol. The third-order valence-electron chi connectivity index (χ3n) is 3.48. The summed E-state index contributed by atoms with van der Waals surface area (Å²) in [6, 6.07) is 17.5. The van der Waals surface area contributed by atoms with E-state index in [-0.39, 0.29) is 11.9 Å². The molecule has 2 aromatic carbocycles. The van der Waals surface area contributed by atoms with Crippen molar-refractivity contribution in [2.24, 2.45) is 0 Å². The first-order chi connectivity index (χ1) is 10.1. The minimum atomic E-state index is -0.0892. The van der Waals surface area contributed by atoms with E-state index >= 15 is 0 Å². The maximum Gasteiger partial charge on any atom is 0.252 e. The van der Waals surface area contributed by atoms with Gasteiger partial charge in [0.05, 0.1) is 11.6 Å². The van der Waals surface area contributed by atoms with Gasteiger partial charge in [0, 0.05) is 15.7 Å². The van der Waals surface area contributed by atoms with Crippen molar-refractivity contribution in [1.29, 1.82) is 0 Å². The van der Waals surface area contributed by atoms with Crippen LogP contribution in [-0.4, -0.2) is 10.9 Å². The van der Waals surface area contributed by atoms with E-state index < -0.39 is 0 Å². The van der Waals surface area contributed by atoms with Crippen LogP contribution in [0.2, 0.25) is 0 Å². The summed E-state index contributed by atoms with van der Waals surface area (Å²) in [4.78, 5) is 15.6. The lowest BCUT2D eigenvalue weighted by Crippen LogP contribution is -2.27. The van der Waals surface area contributed by atoms with Crippen molar-refractivity contribution in [2.45, 2.75) is 13.0 Å². The number of aromatic amines is 1. The first kappa shape index (κ1) is 13.9. The summed E-state index contributed by atoms with van der Waals surface area (Å²) in [7, 11) is 0. The molecular weight excluding hydrogens is 328 g/mol. The van der Waals surface area contributed by atoms with E-state index in [0.717, 1.165) is 21.1 Å². The summed E-state index contributed by atoms with van der Waals surface area (Å²) in [6.07, 6.45) is 0. The summed E-state index contributed by atoms with van der Waals surface area (Å²) < 4.78 is 0.798. The number of benzene rings is 2. The van der Waals surface area contributed by atoms with Gasteiger partial charge in [-0.2, -0.15) is 0 Å². The Hall–Kier alpha value is -2.07. The zero-order chi connectivity index (χ0) is 14.8. The average molecular weight is 343 g/mol. The molecule has 0 saturated heterocycles. The van der Waals surface area contributed by atoms with E-state index in [9.17, 15) is 4.79 Å². The first-order valence-corrected chi connectivity index (χ1v) is 7.57. The monoisotopic (exact) mass is 342 g/mol. The zero-order valence-electron chi connectivity index (χ0n) is 11.6. The Kier molecular flexibility index (Phi) is 3.80. The van der Waals surface area contributed by atoms with Crippen LogP contribution in [0.3, 0.4) is 0 Å². The highest BCUT2D eigenvalue weighted by Crippen LogP contribution is 2.21. The molecule has 2 N–H and O–H groups in total. The minimum Gasteiger partial charge on any atom is -0.357 e. The Labute approximate surface area is 131 Å². The van der Waals surface area contributed by atoms with Crippen LogP contribution in [0.25, 0.3) is 10.9 Å². The molecule has 0 aliphatic rings. The molecule has 21 heavy (non-hydrogen) atoms. The van der Waals surface area contributed by atoms with Gasteiger partial charge in [-0.25, -0.2) is 0 Å². The summed E-state index contributed by atoms with van der Waals surface area (Å²) in [6.45, 7) is 1.97. The molecule has 0 aliphatic heterocycles. The average Bonchev–Trinajstić information content (AvgIpc) is 2.91. The Morgan fingerprint density at radius 2 is 1.86 bits per heavy atom. The van der Waals surface area contributed by atoms with Crippen molar-refractivity contribution in [2.75, 3.05) is 0 Å². The van der Waals surface area contributed by atoms with Gasteiger partial charge in [0.25, 0.3) is 5.91 Å². The smallest absolute Gasteiger partial charge is 0.252 e. The van der Waals surface area contributed by atoms with E-state index in [2.05, 4.69) is 38.4 Å². The fourth-order valence-corrected chi connectivity index (χ4v) is 2.79. The van der Waals surface area contributed by atoms with E-state index in [4.69, 9.17) is 0 Å². The van der Waals surface area contributed by atoms with Gasteiger partial charge in [-0.3, -0.25) is 4.79 Å². The number of hydrogen-bond acceptors (Lipinski definition) is 1. The number of aromatic nitrogens is 1. The number of H-pyrrole nitrogens is 1. The third-order valence-corrected chi connectivity index (χ3v) is 4.17. The molecule has 3 nitrogen and oxygen atoms in total. The number of carbonyl (C=O) groups is 1. The fourth-order valence-electron chi connectivity index (χ4n) is 2.33. The van der Waals surface area contributed by atoms with Crippen molar-refractivity contribution in [3.63, 3.8) is 0 Å². The number of halogens is 1. The fraction of sp³-hybridized carbons (Fsp3) is 0.118. The molecule has 0 saturated carbocycles. The third kappa shape index (κ3) is 2.85. The quantitative estimate of drug-likeness (QED) is 0.726. The molecule has 0 bridgehead atoms. The summed E-state index contributed by atoms with van der Waals surface area (Å²) >= 11 is 3.40. The van der Waals surface area contributed by atoms with Crippen molar-refractivity contribution < 1.29 is 4.79 Å². The normalized spacial score (nSPS) is 12.3. The Bertz CT molecular complexity index is 761. The molecule has 1 aromatic heterocycles. The Morgan fingerprint density at radius 1 is 1.14 bits per heavy atom. The van der Waals surface area contributed by atoms with Gasteiger partial charge >= 0.3 is 0 Å². The number of hydrogen-bond donors (Lipinski definition) is 2. The molecule has 0 aliphatic carbocycles. The molecule has 1 heterocycles. The standard InChI is InChI=1S/C17H15BrN2O/c1-11(16-10-12-6-2-5-9-15(12)20-16)19-17(21)13-7-3-4-8-14(13)18/h2-11,20H,1H3,(H,19,21). The van der Waals surface area contributed by atoms with E-state index in [1.54, 1.807) is 6.07 Å². The predicted octanol–water partition coefficient (Wildman–Crippen LogP) is 4.42. The van der Waals surface area contributed by atoms with Crippen molar-refractivity contribution >= 4 is 32.7 Å². The van der Waals surface area contributed by atoms with E-state index in [1.807, 2.05) is 43.3 Å². The second kappa shape index (κ2) is 5.74. The molecule has 1 unspecified atom stereocenters. The number of nitrogens with one attached hydrogen (secondary N) is 2. The number of fused-ring (bicyclic) bond motifs is 1. The zero-order valence-corrected chi connectivity index (χ0v) is 13.1. The molecule has 3 rings (SSSR count). The van der Waals surface area contributed by atoms with Gasteiger partial charge < -0.3 is 10.3 Å². The van der Waals surface area contributed by atoms with Crippen molar-refractivity contribution in [3.05, 3.63) is 70.3 Å². The van der Waals surface area contributed by atoms with Crippen LogP contribution in [0.15, 0.2) is 59.1 Å². The van der Waals surface area contributed by atoms with Gasteiger partial charge in [-0.1, -0.05) is 30.3 Å². The SMILES string of the molecule is CC(NC(=O)c1ccccc1Br)c1cc2ccccc2[nH]1. The Balaban J connectivity index is 1.81. The number of rotatable bonds is 3. The van der Waals surface area contributed by atoms with Gasteiger partial charge in [-0.05, 0) is 52.5 Å². The van der Waals surface area contributed by atoms with Crippen LogP contribution in [0.1, 0.15) is 29.0 Å². The van der Waals surface area contributed by atoms with Crippen LogP contribution in [0.4, 0.5) is 0 Å². The van der Waals surface area contributed by atoms with Crippen LogP contribution in [0, 0.1) is 0 Å². The lowest BCUT2D eigenvalue weighted by molar-refractivity contribution is 0.0938. The first-order valence-electron chi connectivity index (χ1n) is 6.78. The second-order valence-corrected chi connectivity index (χ2v) is 5.84. The van der Waals surface area contributed by atoms with Crippen LogP contribution < -0.4 is 5.32 Å². The highest BCUT2D eigenvalue weighted by Gasteiger charge is 2.15. The number of amides is 1. The van der Waals surface area contributed by atoms with Crippen LogP contribution in [0.5, 0.6) is 0 Å². The number of carbonyl (C=O) groups excluding carboxylic acids is 1. The van der Waals surface area contributed by atoms with Gasteiger partial charge in [0.1, 0.15) is 0 Å². The van der Waals surface area contributed by atoms with Crippen molar-refractivity contribution in [1.82, 2.24) is 10.3 Å². The lowest BCUT2D eigenvalue weighted by atomic mass is 10.1. The largest absolute Gasteiger partial charge is 0.357 e. The molecule has 0 fully saturated rings. The van der Waals surface area contributed by atoms with Gasteiger partial charge in [0.15, 0.2) is 0 Å². The van der Waals surface area contributed by atoms with E-state index in [1.165, 1.54) is 0 Å². The van der Waals surface area contributed by atoms with E-state index in [0.29, 0.717) is 5.56 Å². The molecule has 1 atom stereocenters.